The fraction of sp³-hybridized carbons (Fsp3) is 0.333. The average Bonchev–Trinajstić information content (AvgIpc) is 2.81. The fourth-order valence-corrected chi connectivity index (χ4v) is 2.94. The van der Waals surface area contributed by atoms with Gasteiger partial charge in [-0.15, -0.1) is 0 Å². The zero-order chi connectivity index (χ0) is 15.9. The lowest BCUT2D eigenvalue weighted by Crippen LogP contribution is -2.28. The number of halogens is 2. The number of fused-ring (bicyclic) bond motifs is 1. The van der Waals surface area contributed by atoms with Crippen LogP contribution in [0.1, 0.15) is 27.3 Å². The predicted octanol–water partition coefficient (Wildman–Crippen LogP) is 2.41. The van der Waals surface area contributed by atoms with E-state index in [9.17, 15) is 14.3 Å². The third-order valence-electron chi connectivity index (χ3n) is 3.84. The van der Waals surface area contributed by atoms with Crippen LogP contribution in [0, 0.1) is 5.82 Å². The first kappa shape index (κ1) is 15.0. The predicted molar refractivity (Wildman–Crippen MR) is 79.7 cm³/mol. The van der Waals surface area contributed by atoms with E-state index in [4.69, 9.17) is 11.6 Å². The molecule has 0 spiro atoms. The van der Waals surface area contributed by atoms with Crippen molar-refractivity contribution < 1.29 is 14.3 Å². The van der Waals surface area contributed by atoms with Crippen LogP contribution in [0.4, 0.5) is 4.39 Å². The Balaban J connectivity index is 1.98. The lowest BCUT2D eigenvalue weighted by Gasteiger charge is -2.23. The smallest absolute Gasteiger partial charge is 0.356 e. The number of hydrogen-bond donors (Lipinski definition) is 1. The molecule has 0 fully saturated rings. The number of likely N-dealkylation sites (N-methyl/N-ethyl adjacent to an activating group) is 1. The number of aromatic carboxylic acids is 1. The summed E-state index contributed by atoms with van der Waals surface area (Å²) in [5.74, 6) is -1.50. The summed E-state index contributed by atoms with van der Waals surface area (Å²) in [6.45, 7) is 1.79. The molecule has 1 aliphatic rings. The van der Waals surface area contributed by atoms with Gasteiger partial charge in [-0.3, -0.25) is 4.68 Å². The van der Waals surface area contributed by atoms with Crippen molar-refractivity contribution in [2.75, 3.05) is 13.6 Å². The molecule has 0 aliphatic carbocycles. The van der Waals surface area contributed by atoms with Crippen LogP contribution in [0.3, 0.4) is 0 Å². The van der Waals surface area contributed by atoms with Gasteiger partial charge in [0.1, 0.15) is 5.82 Å². The minimum atomic E-state index is -1.03. The summed E-state index contributed by atoms with van der Waals surface area (Å²) in [6.07, 6.45) is 0.737. The van der Waals surface area contributed by atoms with E-state index in [1.165, 1.54) is 6.07 Å². The van der Waals surface area contributed by atoms with Gasteiger partial charge >= 0.3 is 5.97 Å². The van der Waals surface area contributed by atoms with Gasteiger partial charge in [0.25, 0.3) is 0 Å². The Hall–Kier alpha value is -1.92. The van der Waals surface area contributed by atoms with E-state index in [1.807, 2.05) is 7.05 Å². The van der Waals surface area contributed by atoms with Crippen molar-refractivity contribution in [2.24, 2.45) is 0 Å². The van der Waals surface area contributed by atoms with Crippen molar-refractivity contribution in [1.82, 2.24) is 14.7 Å². The van der Waals surface area contributed by atoms with Crippen LogP contribution in [-0.4, -0.2) is 39.3 Å². The standard InChI is InChI=1S/C15H15ClFN3O2/c1-19-5-4-13-10(8-19)14(15(21)22)18-20(13)7-9-2-3-12(17)11(16)6-9/h2-3,6H,4-5,7-8H2,1H3,(H,21,22). The topological polar surface area (TPSA) is 58.4 Å². The highest BCUT2D eigenvalue weighted by Crippen LogP contribution is 2.24. The summed E-state index contributed by atoms with van der Waals surface area (Å²) >= 11 is 5.79. The van der Waals surface area contributed by atoms with Crippen molar-refractivity contribution >= 4 is 17.6 Å². The van der Waals surface area contributed by atoms with Crippen molar-refractivity contribution in [3.63, 3.8) is 0 Å². The minimum Gasteiger partial charge on any atom is -0.476 e. The van der Waals surface area contributed by atoms with Crippen LogP contribution < -0.4 is 0 Å². The van der Waals surface area contributed by atoms with Gasteiger partial charge in [0, 0.05) is 30.8 Å². The summed E-state index contributed by atoms with van der Waals surface area (Å²) in [4.78, 5) is 13.4. The first-order valence-corrected chi connectivity index (χ1v) is 7.28. The third kappa shape index (κ3) is 2.71. The molecule has 0 saturated carbocycles. The van der Waals surface area contributed by atoms with E-state index in [0.29, 0.717) is 13.1 Å². The number of carboxylic acid groups (broad SMARTS) is 1. The number of aromatic nitrogens is 2. The second-order valence-electron chi connectivity index (χ2n) is 5.47. The molecular weight excluding hydrogens is 309 g/mol. The second kappa shape index (κ2) is 5.70. The molecule has 0 radical (unpaired) electrons. The number of carboxylic acids is 1. The van der Waals surface area contributed by atoms with Gasteiger partial charge in [-0.25, -0.2) is 9.18 Å². The number of carbonyl (C=O) groups is 1. The summed E-state index contributed by atoms with van der Waals surface area (Å²) < 4.78 is 14.9. The average molecular weight is 324 g/mol. The van der Waals surface area contributed by atoms with E-state index < -0.39 is 11.8 Å². The monoisotopic (exact) mass is 323 g/mol. The van der Waals surface area contributed by atoms with Crippen LogP contribution >= 0.6 is 11.6 Å². The van der Waals surface area contributed by atoms with Crippen LogP contribution in [-0.2, 0) is 19.5 Å². The molecule has 1 aromatic heterocycles. The molecule has 1 aliphatic heterocycles. The zero-order valence-corrected chi connectivity index (χ0v) is 12.8. The molecule has 0 saturated heterocycles. The number of hydrogen-bond acceptors (Lipinski definition) is 3. The molecule has 7 heteroatoms. The first-order chi connectivity index (χ1) is 10.5. The highest BCUT2D eigenvalue weighted by Gasteiger charge is 2.26. The molecule has 116 valence electrons. The molecule has 0 amide bonds. The summed E-state index contributed by atoms with van der Waals surface area (Å²) in [6, 6.07) is 4.48. The Morgan fingerprint density at radius 3 is 2.95 bits per heavy atom. The Labute approximate surface area is 131 Å². The highest BCUT2D eigenvalue weighted by molar-refractivity contribution is 6.30. The van der Waals surface area contributed by atoms with E-state index in [0.717, 1.165) is 29.8 Å². The Kier molecular flexibility index (Phi) is 3.88. The molecular formula is C15H15ClFN3O2. The maximum absolute atomic E-state index is 13.2. The van der Waals surface area contributed by atoms with Crippen LogP contribution in [0.15, 0.2) is 18.2 Å². The van der Waals surface area contributed by atoms with Gasteiger partial charge in [-0.2, -0.15) is 5.10 Å². The first-order valence-electron chi connectivity index (χ1n) is 6.90. The molecule has 2 aromatic rings. The summed E-state index contributed by atoms with van der Waals surface area (Å²) in [5.41, 5.74) is 2.56. The van der Waals surface area contributed by atoms with E-state index >= 15 is 0 Å². The second-order valence-corrected chi connectivity index (χ2v) is 5.88. The Morgan fingerprint density at radius 2 is 2.27 bits per heavy atom. The lowest BCUT2D eigenvalue weighted by molar-refractivity contribution is 0.0687. The van der Waals surface area contributed by atoms with Gasteiger partial charge in [0.2, 0.25) is 0 Å². The van der Waals surface area contributed by atoms with E-state index in [-0.39, 0.29) is 10.7 Å². The number of rotatable bonds is 3. The number of nitrogens with zero attached hydrogens (tertiary/aromatic N) is 3. The molecule has 5 nitrogen and oxygen atoms in total. The van der Waals surface area contributed by atoms with E-state index in [2.05, 4.69) is 10.00 Å². The van der Waals surface area contributed by atoms with Crippen LogP contribution in [0.5, 0.6) is 0 Å². The molecule has 1 aromatic carbocycles. The molecule has 3 rings (SSSR count). The van der Waals surface area contributed by atoms with Crippen molar-refractivity contribution in [3.8, 4) is 0 Å². The minimum absolute atomic E-state index is 0.0525. The fourth-order valence-electron chi connectivity index (χ4n) is 2.74. The maximum Gasteiger partial charge on any atom is 0.356 e. The van der Waals surface area contributed by atoms with Gasteiger partial charge in [-0.05, 0) is 24.7 Å². The summed E-state index contributed by atoms with van der Waals surface area (Å²) in [5, 5.41) is 13.6. The quantitative estimate of drug-likeness (QED) is 0.942. The van der Waals surface area contributed by atoms with Gasteiger partial charge in [-0.1, -0.05) is 17.7 Å². The number of benzene rings is 1. The Morgan fingerprint density at radius 1 is 1.50 bits per heavy atom. The molecule has 1 N–H and O–H groups in total. The zero-order valence-electron chi connectivity index (χ0n) is 12.0. The van der Waals surface area contributed by atoms with Crippen LogP contribution in [0.2, 0.25) is 5.02 Å². The third-order valence-corrected chi connectivity index (χ3v) is 4.13. The SMILES string of the molecule is CN1CCc2c(c(C(=O)O)nn2Cc2ccc(F)c(Cl)c2)C1. The highest BCUT2D eigenvalue weighted by atomic mass is 35.5. The van der Waals surface area contributed by atoms with Crippen molar-refractivity contribution in [2.45, 2.75) is 19.5 Å². The molecule has 22 heavy (non-hydrogen) atoms. The van der Waals surface area contributed by atoms with Gasteiger partial charge in [0.05, 0.1) is 11.6 Å². The molecule has 0 unspecified atom stereocenters. The maximum atomic E-state index is 13.2. The van der Waals surface area contributed by atoms with Gasteiger partial charge < -0.3 is 10.0 Å². The normalized spacial score (nSPS) is 14.9. The molecule has 0 bridgehead atoms. The van der Waals surface area contributed by atoms with Crippen LogP contribution in [0.25, 0.3) is 0 Å². The lowest BCUT2D eigenvalue weighted by atomic mass is 10.1. The summed E-state index contributed by atoms with van der Waals surface area (Å²) in [7, 11) is 1.95. The van der Waals surface area contributed by atoms with E-state index in [1.54, 1.807) is 16.8 Å². The largest absolute Gasteiger partial charge is 0.476 e. The van der Waals surface area contributed by atoms with Crippen molar-refractivity contribution in [1.29, 1.82) is 0 Å². The Bertz CT molecular complexity index is 745. The van der Waals surface area contributed by atoms with Crippen molar-refractivity contribution in [3.05, 3.63) is 51.6 Å². The molecule has 2 heterocycles. The molecule has 0 atom stereocenters. The van der Waals surface area contributed by atoms with Gasteiger partial charge in [0.15, 0.2) is 5.69 Å².